The Balaban J connectivity index is 1.51. The second-order valence-corrected chi connectivity index (χ2v) is 7.66. The van der Waals surface area contributed by atoms with Gasteiger partial charge in [-0.3, -0.25) is 9.59 Å². The molecule has 0 saturated heterocycles. The lowest BCUT2D eigenvalue weighted by atomic mass is 10.0. The molecule has 1 aliphatic carbocycles. The molecule has 1 aliphatic rings. The third kappa shape index (κ3) is 3.88. The van der Waals surface area contributed by atoms with Gasteiger partial charge < -0.3 is 5.32 Å². The number of hydrogen-bond donors (Lipinski definition) is 1. The van der Waals surface area contributed by atoms with Crippen LogP contribution in [0.1, 0.15) is 34.3 Å². The fourth-order valence-electron chi connectivity index (χ4n) is 3.38. The molecule has 1 saturated carbocycles. The minimum Gasteiger partial charge on any atom is -0.346 e. The van der Waals surface area contributed by atoms with E-state index in [1.807, 2.05) is 24.3 Å². The predicted octanol–water partition coefficient (Wildman–Crippen LogP) is 3.26. The molecular formula is C23H23N3O2. The van der Waals surface area contributed by atoms with Crippen molar-refractivity contribution >= 4 is 5.91 Å². The Hall–Kier alpha value is -3.21. The Kier molecular flexibility index (Phi) is 4.59. The first-order valence-electron chi connectivity index (χ1n) is 9.47. The summed E-state index contributed by atoms with van der Waals surface area (Å²) in [5, 5.41) is 7.50. The van der Waals surface area contributed by atoms with E-state index in [2.05, 4.69) is 41.6 Å². The smallest absolute Gasteiger partial charge is 0.266 e. The average Bonchev–Trinajstić information content (AvgIpc) is 3.45. The third-order valence-electron chi connectivity index (χ3n) is 5.28. The van der Waals surface area contributed by atoms with E-state index in [9.17, 15) is 9.59 Å². The maximum absolute atomic E-state index is 12.9. The van der Waals surface area contributed by atoms with Crippen molar-refractivity contribution in [1.29, 1.82) is 0 Å². The van der Waals surface area contributed by atoms with Gasteiger partial charge in [-0.1, -0.05) is 42.0 Å². The van der Waals surface area contributed by atoms with E-state index in [-0.39, 0.29) is 17.0 Å². The largest absolute Gasteiger partial charge is 0.346 e. The SMILES string of the molecule is Cc1ccc(CC2(NC(=O)c3cccc(-c4ccc(=O)n(C)n4)c3)CC2)cc1. The molecule has 5 heteroatoms. The zero-order valence-corrected chi connectivity index (χ0v) is 16.1. The van der Waals surface area contributed by atoms with Crippen LogP contribution >= 0.6 is 0 Å². The molecule has 1 heterocycles. The van der Waals surface area contributed by atoms with E-state index in [0.717, 1.165) is 24.8 Å². The second kappa shape index (κ2) is 7.08. The first kappa shape index (κ1) is 18.2. The molecular weight excluding hydrogens is 350 g/mol. The van der Waals surface area contributed by atoms with Gasteiger partial charge in [0.1, 0.15) is 0 Å². The Bertz CT molecular complexity index is 1080. The van der Waals surface area contributed by atoms with Gasteiger partial charge in [-0.25, -0.2) is 4.68 Å². The molecule has 0 bridgehead atoms. The lowest BCUT2D eigenvalue weighted by Crippen LogP contribution is -2.38. The highest BCUT2D eigenvalue weighted by molar-refractivity contribution is 5.96. The summed E-state index contributed by atoms with van der Waals surface area (Å²) in [5.41, 5.74) is 4.25. The van der Waals surface area contributed by atoms with Crippen LogP contribution in [0.25, 0.3) is 11.3 Å². The Labute approximate surface area is 164 Å². The van der Waals surface area contributed by atoms with Crippen molar-refractivity contribution in [1.82, 2.24) is 15.1 Å². The average molecular weight is 373 g/mol. The molecule has 1 N–H and O–H groups in total. The number of amides is 1. The summed E-state index contributed by atoms with van der Waals surface area (Å²) < 4.78 is 1.29. The van der Waals surface area contributed by atoms with Crippen LogP contribution in [0.4, 0.5) is 0 Å². The van der Waals surface area contributed by atoms with Crippen molar-refractivity contribution in [2.45, 2.75) is 31.7 Å². The molecule has 28 heavy (non-hydrogen) atoms. The standard InChI is InChI=1S/C23H23N3O2/c1-16-6-8-17(9-7-16)15-23(12-13-23)24-22(28)19-5-3-4-18(14-19)20-10-11-21(27)26(2)25-20/h3-11,14H,12-13,15H2,1-2H3,(H,24,28). The molecule has 0 radical (unpaired) electrons. The molecule has 1 amide bonds. The molecule has 0 unspecified atom stereocenters. The van der Waals surface area contributed by atoms with E-state index < -0.39 is 0 Å². The molecule has 0 atom stereocenters. The summed E-state index contributed by atoms with van der Waals surface area (Å²) in [6.07, 6.45) is 2.84. The molecule has 1 aromatic heterocycles. The third-order valence-corrected chi connectivity index (χ3v) is 5.28. The predicted molar refractivity (Wildman–Crippen MR) is 109 cm³/mol. The van der Waals surface area contributed by atoms with Crippen LogP contribution in [0.2, 0.25) is 0 Å². The first-order valence-corrected chi connectivity index (χ1v) is 9.47. The van der Waals surface area contributed by atoms with Crippen molar-refractivity contribution < 1.29 is 4.79 Å². The van der Waals surface area contributed by atoms with Crippen molar-refractivity contribution in [2.75, 3.05) is 0 Å². The molecule has 5 nitrogen and oxygen atoms in total. The van der Waals surface area contributed by atoms with Gasteiger partial charge in [-0.15, -0.1) is 0 Å². The summed E-state index contributed by atoms with van der Waals surface area (Å²) in [6.45, 7) is 2.07. The zero-order chi connectivity index (χ0) is 19.7. The van der Waals surface area contributed by atoms with Gasteiger partial charge in [0.15, 0.2) is 0 Å². The molecule has 0 aliphatic heterocycles. The fourth-order valence-corrected chi connectivity index (χ4v) is 3.38. The molecule has 2 aromatic carbocycles. The van der Waals surface area contributed by atoms with E-state index in [4.69, 9.17) is 0 Å². The molecule has 3 aromatic rings. The Morgan fingerprint density at radius 2 is 1.86 bits per heavy atom. The van der Waals surface area contributed by atoms with Crippen LogP contribution in [0.3, 0.4) is 0 Å². The van der Waals surface area contributed by atoms with Gasteiger partial charge in [0.05, 0.1) is 5.69 Å². The Morgan fingerprint density at radius 1 is 1.11 bits per heavy atom. The van der Waals surface area contributed by atoms with Crippen LogP contribution in [0, 0.1) is 6.92 Å². The molecule has 0 spiro atoms. The summed E-state index contributed by atoms with van der Waals surface area (Å²) in [4.78, 5) is 24.4. The number of nitrogens with zero attached hydrogens (tertiary/aromatic N) is 2. The van der Waals surface area contributed by atoms with Crippen LogP contribution < -0.4 is 10.9 Å². The fraction of sp³-hybridized carbons (Fsp3) is 0.261. The van der Waals surface area contributed by atoms with Gasteiger partial charge in [0.2, 0.25) is 0 Å². The summed E-state index contributed by atoms with van der Waals surface area (Å²) >= 11 is 0. The van der Waals surface area contributed by atoms with E-state index in [1.54, 1.807) is 13.1 Å². The van der Waals surface area contributed by atoms with Crippen LogP contribution in [-0.4, -0.2) is 21.2 Å². The second-order valence-electron chi connectivity index (χ2n) is 7.66. The van der Waals surface area contributed by atoms with Crippen molar-refractivity contribution in [3.63, 3.8) is 0 Å². The van der Waals surface area contributed by atoms with Crippen molar-refractivity contribution in [2.24, 2.45) is 7.05 Å². The lowest BCUT2D eigenvalue weighted by molar-refractivity contribution is 0.0931. The number of nitrogens with one attached hydrogen (secondary N) is 1. The van der Waals surface area contributed by atoms with Crippen LogP contribution in [0.5, 0.6) is 0 Å². The number of aromatic nitrogens is 2. The van der Waals surface area contributed by atoms with Crippen LogP contribution in [-0.2, 0) is 13.5 Å². The number of rotatable bonds is 5. The lowest BCUT2D eigenvalue weighted by Gasteiger charge is -2.18. The number of benzene rings is 2. The highest BCUT2D eigenvalue weighted by atomic mass is 16.2. The van der Waals surface area contributed by atoms with Crippen molar-refractivity contribution in [3.05, 3.63) is 87.7 Å². The Morgan fingerprint density at radius 3 is 2.54 bits per heavy atom. The van der Waals surface area contributed by atoms with Gasteiger partial charge in [-0.2, -0.15) is 5.10 Å². The normalized spacial score (nSPS) is 14.5. The van der Waals surface area contributed by atoms with Crippen molar-refractivity contribution in [3.8, 4) is 11.3 Å². The highest BCUT2D eigenvalue weighted by Gasteiger charge is 2.44. The van der Waals surface area contributed by atoms with E-state index in [1.165, 1.54) is 21.9 Å². The maximum Gasteiger partial charge on any atom is 0.266 e. The van der Waals surface area contributed by atoms with Gasteiger partial charge in [0, 0.05) is 29.8 Å². The van der Waals surface area contributed by atoms with Gasteiger partial charge in [-0.05, 0) is 49.9 Å². The first-order chi connectivity index (χ1) is 13.4. The van der Waals surface area contributed by atoms with E-state index >= 15 is 0 Å². The number of carbonyl (C=O) groups excluding carboxylic acids is 1. The molecule has 142 valence electrons. The highest BCUT2D eigenvalue weighted by Crippen LogP contribution is 2.39. The number of aryl methyl sites for hydroxylation is 2. The minimum atomic E-state index is -0.163. The number of hydrogen-bond acceptors (Lipinski definition) is 3. The number of carbonyl (C=O) groups is 1. The zero-order valence-electron chi connectivity index (χ0n) is 16.1. The van der Waals surface area contributed by atoms with Gasteiger partial charge >= 0.3 is 0 Å². The maximum atomic E-state index is 12.9. The minimum absolute atomic E-state index is 0.0729. The summed E-state index contributed by atoms with van der Waals surface area (Å²) in [7, 11) is 1.62. The van der Waals surface area contributed by atoms with Crippen LogP contribution in [0.15, 0.2) is 65.5 Å². The van der Waals surface area contributed by atoms with Gasteiger partial charge in [0.25, 0.3) is 11.5 Å². The molecule has 1 fully saturated rings. The van der Waals surface area contributed by atoms with E-state index in [0.29, 0.717) is 11.3 Å². The topological polar surface area (TPSA) is 64.0 Å². The quantitative estimate of drug-likeness (QED) is 0.747. The summed E-state index contributed by atoms with van der Waals surface area (Å²) in [5.74, 6) is -0.0729. The summed E-state index contributed by atoms with van der Waals surface area (Å²) in [6, 6.07) is 19.0. The molecule has 4 rings (SSSR count). The monoisotopic (exact) mass is 373 g/mol.